The Kier molecular flexibility index (Phi) is 5.58. The van der Waals surface area contributed by atoms with Gasteiger partial charge in [-0.05, 0) is 44.5 Å². The summed E-state index contributed by atoms with van der Waals surface area (Å²) in [5.41, 5.74) is 0. The Balaban J connectivity index is 1.98. The molecule has 3 heteroatoms. The quantitative estimate of drug-likeness (QED) is 0.818. The minimum absolute atomic E-state index is 0.415. The molecular weight excluding hydrogens is 264 g/mol. The van der Waals surface area contributed by atoms with Crippen molar-refractivity contribution in [1.29, 1.82) is 0 Å². The van der Waals surface area contributed by atoms with E-state index in [1.165, 1.54) is 15.0 Å². The second kappa shape index (κ2) is 7.21. The number of fused-ring (bicyclic) bond motifs is 1. The first-order valence-electron chi connectivity index (χ1n) is 7.60. The predicted molar refractivity (Wildman–Crippen MR) is 90.6 cm³/mol. The average Bonchev–Trinajstić information content (AvgIpc) is 2.88. The van der Waals surface area contributed by atoms with Crippen LogP contribution in [0.1, 0.15) is 38.6 Å². The minimum Gasteiger partial charge on any atom is -0.306 e. The maximum Gasteiger partial charge on any atom is 0.0389 e. The molecule has 1 N–H and O–H groups in total. The molecule has 0 aliphatic carbocycles. The SMILES string of the molecule is CCN(CC)CC(C)NC(C)c1cc2ccccc2s1. The van der Waals surface area contributed by atoms with Crippen LogP contribution in [0.15, 0.2) is 30.3 Å². The number of hydrogen-bond donors (Lipinski definition) is 1. The monoisotopic (exact) mass is 290 g/mol. The lowest BCUT2D eigenvalue weighted by Gasteiger charge is -2.25. The van der Waals surface area contributed by atoms with Crippen LogP contribution in [0, 0.1) is 0 Å². The van der Waals surface area contributed by atoms with Crippen molar-refractivity contribution in [3.8, 4) is 0 Å². The maximum absolute atomic E-state index is 3.72. The summed E-state index contributed by atoms with van der Waals surface area (Å²) < 4.78 is 1.38. The Labute approximate surface area is 126 Å². The number of thiophene rings is 1. The fraction of sp³-hybridized carbons (Fsp3) is 0.529. The van der Waals surface area contributed by atoms with Crippen molar-refractivity contribution in [1.82, 2.24) is 10.2 Å². The van der Waals surface area contributed by atoms with Crippen LogP contribution in [-0.2, 0) is 0 Å². The van der Waals surface area contributed by atoms with Crippen molar-refractivity contribution in [3.05, 3.63) is 35.2 Å². The van der Waals surface area contributed by atoms with E-state index in [9.17, 15) is 0 Å². The third-order valence-electron chi connectivity index (χ3n) is 3.83. The molecule has 1 heterocycles. The van der Waals surface area contributed by atoms with E-state index >= 15 is 0 Å². The average molecular weight is 290 g/mol. The van der Waals surface area contributed by atoms with E-state index in [0.717, 1.165) is 19.6 Å². The molecule has 2 aromatic rings. The standard InChI is InChI=1S/C17H26N2S/c1-5-19(6-2)12-13(3)18-14(4)17-11-15-9-7-8-10-16(15)20-17/h7-11,13-14,18H,5-6,12H2,1-4H3. The molecule has 2 atom stereocenters. The summed E-state index contributed by atoms with van der Waals surface area (Å²) in [5, 5.41) is 5.08. The van der Waals surface area contributed by atoms with Crippen LogP contribution in [0.2, 0.25) is 0 Å². The number of nitrogens with zero attached hydrogens (tertiary/aromatic N) is 1. The van der Waals surface area contributed by atoms with E-state index in [1.807, 2.05) is 11.3 Å². The van der Waals surface area contributed by atoms with Gasteiger partial charge in [0.05, 0.1) is 0 Å². The molecule has 1 aromatic carbocycles. The molecule has 0 fully saturated rings. The van der Waals surface area contributed by atoms with Gasteiger partial charge in [-0.3, -0.25) is 0 Å². The molecule has 0 aliphatic heterocycles. The van der Waals surface area contributed by atoms with Crippen molar-refractivity contribution in [3.63, 3.8) is 0 Å². The highest BCUT2D eigenvalue weighted by Crippen LogP contribution is 2.29. The Morgan fingerprint density at radius 2 is 1.85 bits per heavy atom. The van der Waals surface area contributed by atoms with E-state index in [-0.39, 0.29) is 0 Å². The predicted octanol–water partition coefficient (Wildman–Crippen LogP) is 4.28. The maximum atomic E-state index is 3.72. The van der Waals surface area contributed by atoms with Gasteiger partial charge in [0.25, 0.3) is 0 Å². The number of nitrogens with one attached hydrogen (secondary N) is 1. The number of benzene rings is 1. The highest BCUT2D eigenvalue weighted by atomic mass is 32.1. The Hall–Kier alpha value is -0.900. The van der Waals surface area contributed by atoms with Gasteiger partial charge in [0.1, 0.15) is 0 Å². The van der Waals surface area contributed by atoms with Crippen LogP contribution in [0.3, 0.4) is 0 Å². The summed E-state index contributed by atoms with van der Waals surface area (Å²) in [5.74, 6) is 0. The molecule has 1 aromatic heterocycles. The van der Waals surface area contributed by atoms with Gasteiger partial charge in [0.2, 0.25) is 0 Å². The molecule has 0 saturated heterocycles. The normalized spacial score (nSPS) is 14.8. The van der Waals surface area contributed by atoms with Gasteiger partial charge >= 0.3 is 0 Å². The van der Waals surface area contributed by atoms with Gasteiger partial charge in [-0.1, -0.05) is 32.0 Å². The van der Waals surface area contributed by atoms with Crippen molar-refractivity contribution in [2.45, 2.75) is 39.8 Å². The zero-order chi connectivity index (χ0) is 14.5. The van der Waals surface area contributed by atoms with Gasteiger partial charge in [0, 0.05) is 28.2 Å². The molecule has 2 rings (SSSR count). The molecule has 0 amide bonds. The Morgan fingerprint density at radius 1 is 1.15 bits per heavy atom. The fourth-order valence-corrected chi connectivity index (χ4v) is 3.72. The molecule has 0 aliphatic rings. The first kappa shape index (κ1) is 15.5. The third-order valence-corrected chi connectivity index (χ3v) is 5.13. The first-order chi connectivity index (χ1) is 9.63. The summed E-state index contributed by atoms with van der Waals surface area (Å²) in [6.07, 6.45) is 0. The molecule has 0 saturated carbocycles. The summed E-state index contributed by atoms with van der Waals surface area (Å²) in [4.78, 5) is 3.90. The number of rotatable bonds is 7. The van der Waals surface area contributed by atoms with Crippen LogP contribution < -0.4 is 5.32 Å². The Bertz CT molecular complexity index is 498. The van der Waals surface area contributed by atoms with Gasteiger partial charge in [-0.2, -0.15) is 0 Å². The number of hydrogen-bond acceptors (Lipinski definition) is 3. The van der Waals surface area contributed by atoms with Gasteiger partial charge in [-0.15, -0.1) is 11.3 Å². The van der Waals surface area contributed by atoms with Gasteiger partial charge in [-0.25, -0.2) is 0 Å². The number of likely N-dealkylation sites (N-methyl/N-ethyl adjacent to an activating group) is 1. The molecule has 0 bridgehead atoms. The molecule has 2 nitrogen and oxygen atoms in total. The molecule has 0 radical (unpaired) electrons. The topological polar surface area (TPSA) is 15.3 Å². The summed E-state index contributed by atoms with van der Waals surface area (Å²) in [6, 6.07) is 11.9. The van der Waals surface area contributed by atoms with E-state index in [1.54, 1.807) is 0 Å². The highest BCUT2D eigenvalue weighted by Gasteiger charge is 2.13. The molecule has 0 spiro atoms. The van der Waals surface area contributed by atoms with Crippen LogP contribution in [0.25, 0.3) is 10.1 Å². The molecule has 110 valence electrons. The van der Waals surface area contributed by atoms with E-state index in [2.05, 4.69) is 68.2 Å². The van der Waals surface area contributed by atoms with Crippen molar-refractivity contribution >= 4 is 21.4 Å². The summed E-state index contributed by atoms with van der Waals surface area (Å²) in [6.45, 7) is 12.4. The lowest BCUT2D eigenvalue weighted by molar-refractivity contribution is 0.264. The van der Waals surface area contributed by atoms with Crippen molar-refractivity contribution < 1.29 is 0 Å². The second-order valence-corrected chi connectivity index (χ2v) is 6.58. The molecule has 2 unspecified atom stereocenters. The van der Waals surface area contributed by atoms with Crippen molar-refractivity contribution in [2.75, 3.05) is 19.6 Å². The summed E-state index contributed by atoms with van der Waals surface area (Å²) in [7, 11) is 0. The zero-order valence-corrected chi connectivity index (χ0v) is 13.8. The van der Waals surface area contributed by atoms with E-state index in [0.29, 0.717) is 12.1 Å². The fourth-order valence-electron chi connectivity index (χ4n) is 2.65. The van der Waals surface area contributed by atoms with Crippen molar-refractivity contribution in [2.24, 2.45) is 0 Å². The Morgan fingerprint density at radius 3 is 2.50 bits per heavy atom. The lowest BCUT2D eigenvalue weighted by Crippen LogP contribution is -2.40. The largest absolute Gasteiger partial charge is 0.306 e. The van der Waals surface area contributed by atoms with Crippen LogP contribution in [-0.4, -0.2) is 30.6 Å². The van der Waals surface area contributed by atoms with E-state index < -0.39 is 0 Å². The third kappa shape index (κ3) is 3.81. The lowest BCUT2D eigenvalue weighted by atomic mass is 10.2. The zero-order valence-electron chi connectivity index (χ0n) is 13.0. The first-order valence-corrected chi connectivity index (χ1v) is 8.42. The second-order valence-electron chi connectivity index (χ2n) is 5.46. The smallest absolute Gasteiger partial charge is 0.0389 e. The van der Waals surface area contributed by atoms with Crippen LogP contribution in [0.5, 0.6) is 0 Å². The molecular formula is C17H26N2S. The molecule has 20 heavy (non-hydrogen) atoms. The highest BCUT2D eigenvalue weighted by molar-refractivity contribution is 7.19. The van der Waals surface area contributed by atoms with Crippen LogP contribution in [0.4, 0.5) is 0 Å². The van der Waals surface area contributed by atoms with Crippen LogP contribution >= 0.6 is 11.3 Å². The van der Waals surface area contributed by atoms with Gasteiger partial charge in [0.15, 0.2) is 0 Å². The minimum atomic E-state index is 0.415. The van der Waals surface area contributed by atoms with E-state index in [4.69, 9.17) is 0 Å². The van der Waals surface area contributed by atoms with Gasteiger partial charge < -0.3 is 10.2 Å². The summed E-state index contributed by atoms with van der Waals surface area (Å²) >= 11 is 1.90.